The van der Waals surface area contributed by atoms with Crippen LogP contribution in [0, 0.1) is 10.1 Å². The van der Waals surface area contributed by atoms with Crippen LogP contribution in [0.4, 0.5) is 5.00 Å². The molecule has 1 saturated carbocycles. The SMILES string of the molecule is CSC1CCC(NCc2ccc([N+](=O)[O-])s2)CC1. The number of hydrogen-bond donors (Lipinski definition) is 1. The van der Waals surface area contributed by atoms with Gasteiger partial charge in [-0.15, -0.1) is 0 Å². The lowest BCUT2D eigenvalue weighted by Gasteiger charge is -2.27. The Morgan fingerprint density at radius 2 is 2.17 bits per heavy atom. The minimum atomic E-state index is -0.322. The second-order valence-electron chi connectivity index (χ2n) is 4.59. The van der Waals surface area contributed by atoms with Crippen molar-refractivity contribution in [1.29, 1.82) is 0 Å². The highest BCUT2D eigenvalue weighted by molar-refractivity contribution is 7.99. The standard InChI is InChI=1S/C12H18N2O2S2/c1-17-10-4-2-9(3-5-10)13-8-11-6-7-12(18-11)14(15)16/h6-7,9-10,13H,2-5,8H2,1H3. The van der Waals surface area contributed by atoms with Crippen LogP contribution in [0.2, 0.25) is 0 Å². The van der Waals surface area contributed by atoms with E-state index in [0.717, 1.165) is 16.7 Å². The van der Waals surface area contributed by atoms with Gasteiger partial charge in [-0.3, -0.25) is 10.1 Å². The van der Waals surface area contributed by atoms with Crippen LogP contribution in [0.15, 0.2) is 12.1 Å². The van der Waals surface area contributed by atoms with Gasteiger partial charge in [0, 0.05) is 28.8 Å². The Balaban J connectivity index is 1.76. The zero-order chi connectivity index (χ0) is 13.0. The molecule has 18 heavy (non-hydrogen) atoms. The Bertz CT molecular complexity index is 401. The maximum absolute atomic E-state index is 10.6. The van der Waals surface area contributed by atoms with Crippen molar-refractivity contribution in [3.63, 3.8) is 0 Å². The minimum absolute atomic E-state index is 0.234. The van der Waals surface area contributed by atoms with E-state index < -0.39 is 0 Å². The lowest BCUT2D eigenvalue weighted by atomic mass is 9.95. The van der Waals surface area contributed by atoms with E-state index in [2.05, 4.69) is 11.6 Å². The van der Waals surface area contributed by atoms with Gasteiger partial charge in [0.15, 0.2) is 0 Å². The number of thioether (sulfide) groups is 1. The van der Waals surface area contributed by atoms with Crippen LogP contribution >= 0.6 is 23.1 Å². The monoisotopic (exact) mass is 286 g/mol. The summed E-state index contributed by atoms with van der Waals surface area (Å²) in [5.74, 6) is 0. The van der Waals surface area contributed by atoms with Gasteiger partial charge in [-0.2, -0.15) is 11.8 Å². The molecular formula is C12H18N2O2S2. The minimum Gasteiger partial charge on any atom is -0.309 e. The molecule has 0 spiro atoms. The Hall–Kier alpha value is -0.590. The van der Waals surface area contributed by atoms with Crippen molar-refractivity contribution >= 4 is 28.1 Å². The Labute approximate surface area is 115 Å². The number of nitrogens with one attached hydrogen (secondary N) is 1. The molecule has 1 aromatic heterocycles. The fourth-order valence-corrected chi connectivity index (χ4v) is 3.82. The third-order valence-corrected chi connectivity index (χ3v) is 5.57. The summed E-state index contributed by atoms with van der Waals surface area (Å²) in [7, 11) is 0. The van der Waals surface area contributed by atoms with Crippen molar-refractivity contribution in [1.82, 2.24) is 5.32 Å². The quantitative estimate of drug-likeness (QED) is 0.665. The molecule has 0 atom stereocenters. The second kappa shape index (κ2) is 6.54. The molecule has 6 heteroatoms. The van der Waals surface area contributed by atoms with E-state index in [1.165, 1.54) is 37.0 Å². The van der Waals surface area contributed by atoms with Crippen LogP contribution in [-0.2, 0) is 6.54 Å². The average Bonchev–Trinajstić information content (AvgIpc) is 2.86. The number of thiophene rings is 1. The first-order valence-corrected chi connectivity index (χ1v) is 8.28. The Morgan fingerprint density at radius 1 is 1.44 bits per heavy atom. The summed E-state index contributed by atoms with van der Waals surface area (Å²) in [6, 6.07) is 4.02. The summed E-state index contributed by atoms with van der Waals surface area (Å²) in [5, 5.41) is 15.2. The zero-order valence-corrected chi connectivity index (χ0v) is 12.1. The van der Waals surface area contributed by atoms with Gasteiger partial charge in [-0.25, -0.2) is 0 Å². The van der Waals surface area contributed by atoms with Crippen molar-refractivity contribution in [3.05, 3.63) is 27.1 Å². The first kappa shape index (κ1) is 13.8. The highest BCUT2D eigenvalue weighted by Gasteiger charge is 2.20. The van der Waals surface area contributed by atoms with Crippen LogP contribution in [0.25, 0.3) is 0 Å². The van der Waals surface area contributed by atoms with Gasteiger partial charge in [0.2, 0.25) is 0 Å². The summed E-state index contributed by atoms with van der Waals surface area (Å²) in [5.41, 5.74) is 0. The summed E-state index contributed by atoms with van der Waals surface area (Å²) in [6.45, 7) is 0.757. The lowest BCUT2D eigenvalue weighted by molar-refractivity contribution is -0.380. The molecule has 1 aliphatic rings. The molecule has 1 aromatic rings. The molecule has 1 N–H and O–H groups in total. The molecule has 100 valence electrons. The normalized spacial score (nSPS) is 24.1. The van der Waals surface area contributed by atoms with Crippen molar-refractivity contribution in [3.8, 4) is 0 Å². The molecule has 0 bridgehead atoms. The first-order chi connectivity index (χ1) is 8.69. The smallest absolute Gasteiger partial charge is 0.309 e. The molecule has 0 aromatic carbocycles. The van der Waals surface area contributed by atoms with Crippen LogP contribution in [0.3, 0.4) is 0 Å². The van der Waals surface area contributed by atoms with E-state index in [1.54, 1.807) is 6.07 Å². The van der Waals surface area contributed by atoms with Crippen molar-refractivity contribution in [2.75, 3.05) is 6.26 Å². The fourth-order valence-electron chi connectivity index (χ4n) is 2.31. The third kappa shape index (κ3) is 3.70. The van der Waals surface area contributed by atoms with E-state index >= 15 is 0 Å². The van der Waals surface area contributed by atoms with Crippen LogP contribution in [0.1, 0.15) is 30.6 Å². The summed E-state index contributed by atoms with van der Waals surface area (Å²) in [4.78, 5) is 11.3. The van der Waals surface area contributed by atoms with E-state index in [1.807, 2.05) is 17.8 Å². The summed E-state index contributed by atoms with van der Waals surface area (Å²) in [6.07, 6.45) is 7.19. The first-order valence-electron chi connectivity index (χ1n) is 6.18. The highest BCUT2D eigenvalue weighted by atomic mass is 32.2. The predicted octanol–water partition coefficient (Wildman–Crippen LogP) is 3.42. The molecule has 0 unspecified atom stereocenters. The van der Waals surface area contributed by atoms with E-state index in [4.69, 9.17) is 0 Å². The van der Waals surface area contributed by atoms with Gasteiger partial charge in [-0.1, -0.05) is 11.3 Å². The van der Waals surface area contributed by atoms with Gasteiger partial charge in [0.25, 0.3) is 0 Å². The average molecular weight is 286 g/mol. The van der Waals surface area contributed by atoms with Gasteiger partial charge in [0.1, 0.15) is 0 Å². The number of nitrogens with zero attached hydrogens (tertiary/aromatic N) is 1. The van der Waals surface area contributed by atoms with Gasteiger partial charge in [-0.05, 0) is 38.0 Å². The van der Waals surface area contributed by atoms with Crippen LogP contribution in [-0.4, -0.2) is 22.5 Å². The molecule has 1 aliphatic carbocycles. The maximum Gasteiger partial charge on any atom is 0.324 e. The topological polar surface area (TPSA) is 55.2 Å². The molecule has 2 rings (SSSR count). The Kier molecular flexibility index (Phi) is 5.03. The molecule has 0 amide bonds. The highest BCUT2D eigenvalue weighted by Crippen LogP contribution is 2.28. The summed E-state index contributed by atoms with van der Waals surface area (Å²) < 4.78 is 0. The molecule has 4 nitrogen and oxygen atoms in total. The van der Waals surface area contributed by atoms with Crippen molar-refractivity contribution < 1.29 is 4.92 Å². The number of hydrogen-bond acceptors (Lipinski definition) is 5. The second-order valence-corrected chi connectivity index (χ2v) is 6.87. The van der Waals surface area contributed by atoms with Crippen molar-refractivity contribution in [2.24, 2.45) is 0 Å². The molecule has 0 aliphatic heterocycles. The molecule has 1 heterocycles. The molecular weight excluding hydrogens is 268 g/mol. The van der Waals surface area contributed by atoms with Crippen LogP contribution in [0.5, 0.6) is 0 Å². The van der Waals surface area contributed by atoms with E-state index in [9.17, 15) is 10.1 Å². The fraction of sp³-hybridized carbons (Fsp3) is 0.667. The largest absolute Gasteiger partial charge is 0.324 e. The Morgan fingerprint density at radius 3 is 2.72 bits per heavy atom. The van der Waals surface area contributed by atoms with E-state index in [-0.39, 0.29) is 9.92 Å². The summed E-state index contributed by atoms with van der Waals surface area (Å²) >= 11 is 3.24. The van der Waals surface area contributed by atoms with Gasteiger partial charge in [0.05, 0.1) is 4.92 Å². The number of rotatable bonds is 5. The zero-order valence-electron chi connectivity index (χ0n) is 10.4. The molecule has 0 saturated heterocycles. The lowest BCUT2D eigenvalue weighted by Crippen LogP contribution is -2.33. The van der Waals surface area contributed by atoms with Gasteiger partial charge >= 0.3 is 5.00 Å². The number of nitro groups is 1. The molecule has 1 fully saturated rings. The predicted molar refractivity (Wildman–Crippen MR) is 77.4 cm³/mol. The van der Waals surface area contributed by atoms with Crippen molar-refractivity contribution in [2.45, 2.75) is 43.5 Å². The van der Waals surface area contributed by atoms with Gasteiger partial charge < -0.3 is 5.32 Å². The third-order valence-electron chi connectivity index (χ3n) is 3.40. The van der Waals surface area contributed by atoms with Crippen LogP contribution < -0.4 is 5.32 Å². The van der Waals surface area contributed by atoms with E-state index in [0.29, 0.717) is 6.04 Å². The maximum atomic E-state index is 10.6. The molecule has 0 radical (unpaired) electrons.